The van der Waals surface area contributed by atoms with Gasteiger partial charge in [0, 0.05) is 10.8 Å². The van der Waals surface area contributed by atoms with E-state index in [1.165, 1.54) is 10.8 Å². The van der Waals surface area contributed by atoms with Crippen LogP contribution in [0.4, 0.5) is 0 Å². The molecular weight excluding hydrogens is 440 g/mol. The van der Waals surface area contributed by atoms with Gasteiger partial charge < -0.3 is 0 Å². The molecule has 5 heterocycles. The number of benzene rings is 4. The van der Waals surface area contributed by atoms with Gasteiger partial charge >= 0.3 is 11.3 Å². The van der Waals surface area contributed by atoms with Gasteiger partial charge in [-0.2, -0.15) is 8.80 Å². The Labute approximate surface area is 204 Å². The van der Waals surface area contributed by atoms with Crippen molar-refractivity contribution in [1.82, 2.24) is 9.97 Å². The van der Waals surface area contributed by atoms with Crippen LogP contribution in [0.5, 0.6) is 0 Å². The Kier molecular flexibility index (Phi) is 3.25. The molecule has 0 saturated heterocycles. The molecule has 9 aromatic rings. The smallest absolute Gasteiger partial charge is 0.187 e. The average molecular weight is 459 g/mol. The third-order valence-corrected chi connectivity index (χ3v) is 7.62. The molecule has 0 aliphatic heterocycles. The Morgan fingerprint density at radius 1 is 0.389 bits per heavy atom. The molecule has 0 amide bonds. The summed E-state index contributed by atoms with van der Waals surface area (Å²) in [6.07, 6.45) is 0. The molecule has 0 aliphatic rings. The Hall–Kier alpha value is -4.96. The van der Waals surface area contributed by atoms with Crippen molar-refractivity contribution < 1.29 is 8.80 Å². The SMILES string of the molecule is c1ccc2c(c1)nc1c3cccc4ccc5c6ccccc6nc(c6cccc7ccc2[n+]1c76)[n+]5c43. The number of nitrogens with zero attached hydrogens (tertiary/aromatic N) is 4. The molecule has 0 radical (unpaired) electrons. The molecule has 0 bridgehead atoms. The van der Waals surface area contributed by atoms with E-state index in [0.29, 0.717) is 0 Å². The highest BCUT2D eigenvalue weighted by Crippen LogP contribution is 2.30. The van der Waals surface area contributed by atoms with Crippen LogP contribution in [0.1, 0.15) is 0 Å². The second kappa shape index (κ2) is 6.37. The van der Waals surface area contributed by atoms with E-state index in [0.717, 1.165) is 65.9 Å². The number of rotatable bonds is 0. The first kappa shape index (κ1) is 18.4. The van der Waals surface area contributed by atoms with Crippen LogP contribution >= 0.6 is 0 Å². The number of pyridine rings is 2. The van der Waals surface area contributed by atoms with Gasteiger partial charge in [-0.3, -0.25) is 0 Å². The van der Waals surface area contributed by atoms with Crippen LogP contribution in [0.2, 0.25) is 0 Å². The highest BCUT2D eigenvalue weighted by molar-refractivity contribution is 6.08. The number of aromatic nitrogens is 4. The van der Waals surface area contributed by atoms with Crippen LogP contribution < -0.4 is 8.80 Å². The van der Waals surface area contributed by atoms with Crippen LogP contribution in [0.3, 0.4) is 0 Å². The maximum atomic E-state index is 5.29. The normalized spacial score (nSPS) is 12.4. The van der Waals surface area contributed by atoms with E-state index in [1.54, 1.807) is 0 Å². The zero-order valence-corrected chi connectivity index (χ0v) is 19.2. The molecule has 4 heteroatoms. The standard InChI is InChI=1S/C32H18N4/c1-3-13-25-21(9-1)27-17-15-19-7-5-11-23-29(19)35(27)31(33-25)24-12-6-8-20-16-18-28-22-10-2-4-14-26(22)34-32(23)36(28)30(20)24/h1-18H/q+2. The maximum Gasteiger partial charge on any atom is 0.340 e. The van der Waals surface area contributed by atoms with Crippen molar-refractivity contribution in [3.63, 3.8) is 0 Å². The first-order valence-corrected chi connectivity index (χ1v) is 12.2. The summed E-state index contributed by atoms with van der Waals surface area (Å²) in [5, 5.41) is 6.82. The summed E-state index contributed by atoms with van der Waals surface area (Å²) in [6, 6.07) is 38.8. The summed E-state index contributed by atoms with van der Waals surface area (Å²) in [7, 11) is 0. The minimum absolute atomic E-state index is 0.950. The lowest BCUT2D eigenvalue weighted by atomic mass is 10.1. The van der Waals surface area contributed by atoms with E-state index in [4.69, 9.17) is 9.97 Å². The van der Waals surface area contributed by atoms with Gasteiger partial charge in [-0.25, -0.2) is 0 Å². The van der Waals surface area contributed by atoms with E-state index >= 15 is 0 Å². The quantitative estimate of drug-likeness (QED) is 0.197. The molecule has 9 rings (SSSR count). The highest BCUT2D eigenvalue weighted by Gasteiger charge is 2.27. The predicted molar refractivity (Wildman–Crippen MR) is 145 cm³/mol. The Bertz CT molecular complexity index is 2200. The number of fused-ring (bicyclic) bond motifs is 6. The monoisotopic (exact) mass is 458 g/mol. The zero-order chi connectivity index (χ0) is 23.4. The molecule has 164 valence electrons. The van der Waals surface area contributed by atoms with Crippen molar-refractivity contribution in [2.24, 2.45) is 0 Å². The van der Waals surface area contributed by atoms with Crippen molar-refractivity contribution in [3.8, 4) is 0 Å². The lowest BCUT2D eigenvalue weighted by Gasteiger charge is -2.10. The van der Waals surface area contributed by atoms with E-state index < -0.39 is 0 Å². The lowest BCUT2D eigenvalue weighted by Crippen LogP contribution is -2.31. The van der Waals surface area contributed by atoms with Crippen molar-refractivity contribution in [2.45, 2.75) is 0 Å². The Balaban J connectivity index is 1.79. The van der Waals surface area contributed by atoms with E-state index in [-0.39, 0.29) is 0 Å². The topological polar surface area (TPSA) is 34.0 Å². The Morgan fingerprint density at radius 3 is 1.33 bits per heavy atom. The van der Waals surface area contributed by atoms with Crippen molar-refractivity contribution in [2.75, 3.05) is 0 Å². The molecule has 4 aromatic carbocycles. The van der Waals surface area contributed by atoms with Crippen molar-refractivity contribution >= 4 is 76.7 Å². The molecule has 4 nitrogen and oxygen atoms in total. The molecule has 0 N–H and O–H groups in total. The summed E-state index contributed by atoms with van der Waals surface area (Å²) < 4.78 is 4.70. The summed E-state index contributed by atoms with van der Waals surface area (Å²) in [6.45, 7) is 0. The molecule has 36 heavy (non-hydrogen) atoms. The van der Waals surface area contributed by atoms with Crippen LogP contribution in [-0.2, 0) is 0 Å². The molecule has 5 aromatic heterocycles. The van der Waals surface area contributed by atoms with Gasteiger partial charge in [0.05, 0.1) is 10.8 Å². The van der Waals surface area contributed by atoms with Gasteiger partial charge in [0.15, 0.2) is 22.1 Å². The van der Waals surface area contributed by atoms with Crippen LogP contribution in [-0.4, -0.2) is 9.97 Å². The largest absolute Gasteiger partial charge is 0.340 e. The second-order valence-corrected chi connectivity index (χ2v) is 9.50. The molecule has 0 unspecified atom stereocenters. The van der Waals surface area contributed by atoms with Crippen molar-refractivity contribution in [3.05, 3.63) is 109 Å². The van der Waals surface area contributed by atoms with Gasteiger partial charge in [0.2, 0.25) is 0 Å². The third kappa shape index (κ3) is 2.15. The zero-order valence-electron chi connectivity index (χ0n) is 19.2. The van der Waals surface area contributed by atoms with Gasteiger partial charge in [-0.1, -0.05) is 48.5 Å². The molecule has 0 atom stereocenters. The number of para-hydroxylation sites is 4. The molecule has 0 saturated carbocycles. The van der Waals surface area contributed by atoms with Gasteiger partial charge in [0.25, 0.3) is 0 Å². The summed E-state index contributed by atoms with van der Waals surface area (Å²) in [5.74, 6) is 0. The van der Waals surface area contributed by atoms with Crippen LogP contribution in [0, 0.1) is 0 Å². The number of hydrogen-bond donors (Lipinski definition) is 0. The van der Waals surface area contributed by atoms with E-state index in [9.17, 15) is 0 Å². The first-order chi connectivity index (χ1) is 17.9. The molecule has 0 aliphatic carbocycles. The second-order valence-electron chi connectivity index (χ2n) is 9.50. The fraction of sp³-hybridized carbons (Fsp3) is 0. The van der Waals surface area contributed by atoms with Crippen molar-refractivity contribution in [1.29, 1.82) is 0 Å². The molecule has 0 fully saturated rings. The van der Waals surface area contributed by atoms with E-state index in [1.807, 2.05) is 0 Å². The minimum atomic E-state index is 0.950. The minimum Gasteiger partial charge on any atom is -0.187 e. The summed E-state index contributed by atoms with van der Waals surface area (Å²) in [4.78, 5) is 10.6. The van der Waals surface area contributed by atoms with Gasteiger partial charge in [0.1, 0.15) is 21.8 Å². The van der Waals surface area contributed by atoms with Gasteiger partial charge in [-0.05, 0) is 70.6 Å². The highest BCUT2D eigenvalue weighted by atomic mass is 15.0. The molecular formula is C32H18N4+2. The number of hydrogen-bond acceptors (Lipinski definition) is 2. The fourth-order valence-corrected chi connectivity index (χ4v) is 6.10. The molecule has 0 spiro atoms. The maximum absolute atomic E-state index is 5.29. The summed E-state index contributed by atoms with van der Waals surface area (Å²) in [5.41, 5.74) is 8.45. The van der Waals surface area contributed by atoms with Crippen LogP contribution in [0.15, 0.2) is 109 Å². The van der Waals surface area contributed by atoms with Crippen LogP contribution in [0.25, 0.3) is 76.7 Å². The average Bonchev–Trinajstić information content (AvgIpc) is 2.94. The fourth-order valence-electron chi connectivity index (χ4n) is 6.10. The van der Waals surface area contributed by atoms with Gasteiger partial charge in [-0.15, -0.1) is 0 Å². The Morgan fingerprint density at radius 2 is 0.833 bits per heavy atom. The van der Waals surface area contributed by atoms with E-state index in [2.05, 4.69) is 118 Å². The predicted octanol–water partition coefficient (Wildman–Crippen LogP) is 6.31. The first-order valence-electron chi connectivity index (χ1n) is 12.2. The third-order valence-electron chi connectivity index (χ3n) is 7.62. The lowest BCUT2D eigenvalue weighted by molar-refractivity contribution is -0.459. The summed E-state index contributed by atoms with van der Waals surface area (Å²) >= 11 is 0.